The van der Waals surface area contributed by atoms with Gasteiger partial charge in [-0.05, 0) is 50.9 Å². The maximum Gasteiger partial charge on any atom is 0.191 e. The van der Waals surface area contributed by atoms with Crippen molar-refractivity contribution >= 4 is 29.9 Å². The van der Waals surface area contributed by atoms with Gasteiger partial charge in [0.1, 0.15) is 0 Å². The lowest BCUT2D eigenvalue weighted by Gasteiger charge is -2.34. The molecule has 6 heteroatoms. The van der Waals surface area contributed by atoms with Crippen molar-refractivity contribution < 1.29 is 0 Å². The van der Waals surface area contributed by atoms with Crippen LogP contribution in [0.2, 0.25) is 0 Å². The van der Waals surface area contributed by atoms with Crippen LogP contribution in [-0.2, 0) is 6.42 Å². The predicted molar refractivity (Wildman–Crippen MR) is 137 cm³/mol. The van der Waals surface area contributed by atoms with Crippen LogP contribution in [0.1, 0.15) is 45.6 Å². The smallest absolute Gasteiger partial charge is 0.191 e. The fraction of sp³-hybridized carbons (Fsp3) is 0.696. The molecule has 1 saturated heterocycles. The van der Waals surface area contributed by atoms with E-state index in [1.807, 2.05) is 7.05 Å². The molecule has 1 heterocycles. The zero-order valence-corrected chi connectivity index (χ0v) is 21.2. The number of aliphatic imine (C=N–C) groups is 1. The Morgan fingerprint density at radius 3 is 2.34 bits per heavy atom. The molecule has 2 rings (SSSR count). The van der Waals surface area contributed by atoms with E-state index in [1.165, 1.54) is 44.5 Å². The molecule has 1 aliphatic heterocycles. The number of hydrogen-bond donors (Lipinski definition) is 2. The van der Waals surface area contributed by atoms with Crippen molar-refractivity contribution in [2.24, 2.45) is 4.99 Å². The number of halogens is 1. The van der Waals surface area contributed by atoms with E-state index < -0.39 is 0 Å². The van der Waals surface area contributed by atoms with Crippen LogP contribution in [0.3, 0.4) is 0 Å². The molecule has 1 aliphatic rings. The van der Waals surface area contributed by atoms with Crippen LogP contribution in [0.5, 0.6) is 0 Å². The van der Waals surface area contributed by atoms with Crippen LogP contribution < -0.4 is 10.6 Å². The molecule has 0 amide bonds. The molecule has 5 nitrogen and oxygen atoms in total. The van der Waals surface area contributed by atoms with Crippen LogP contribution in [0, 0.1) is 0 Å². The molecule has 2 N–H and O–H groups in total. The number of guanidine groups is 1. The summed E-state index contributed by atoms with van der Waals surface area (Å²) in [6.45, 7) is 13.4. The van der Waals surface area contributed by atoms with E-state index in [1.54, 1.807) is 0 Å². The maximum atomic E-state index is 4.49. The fourth-order valence-corrected chi connectivity index (χ4v) is 4.18. The molecular formula is C23H42IN5. The summed E-state index contributed by atoms with van der Waals surface area (Å²) >= 11 is 0. The van der Waals surface area contributed by atoms with Gasteiger partial charge in [0.2, 0.25) is 0 Å². The van der Waals surface area contributed by atoms with Crippen molar-refractivity contribution in [1.29, 1.82) is 0 Å². The van der Waals surface area contributed by atoms with Gasteiger partial charge in [0.05, 0.1) is 0 Å². The molecule has 0 bridgehead atoms. The summed E-state index contributed by atoms with van der Waals surface area (Å²) in [5.41, 5.74) is 1.40. The van der Waals surface area contributed by atoms with Gasteiger partial charge in [-0.15, -0.1) is 24.0 Å². The molecule has 1 unspecified atom stereocenters. The molecule has 1 aromatic rings. The first-order chi connectivity index (χ1) is 13.7. The highest BCUT2D eigenvalue weighted by Gasteiger charge is 2.21. The molecule has 0 aliphatic carbocycles. The highest BCUT2D eigenvalue weighted by atomic mass is 127. The van der Waals surface area contributed by atoms with Crippen LogP contribution >= 0.6 is 24.0 Å². The Balaban J connectivity index is 0.00000420. The Kier molecular flexibility index (Phi) is 13.6. The third kappa shape index (κ3) is 9.22. The monoisotopic (exact) mass is 515 g/mol. The number of likely N-dealkylation sites (N-methyl/N-ethyl adjacent to an activating group) is 1. The van der Waals surface area contributed by atoms with Gasteiger partial charge in [-0.1, -0.05) is 51.1 Å². The van der Waals surface area contributed by atoms with Gasteiger partial charge >= 0.3 is 0 Å². The third-order valence-electron chi connectivity index (χ3n) is 5.84. The lowest BCUT2D eigenvalue weighted by Crippen LogP contribution is -2.52. The van der Waals surface area contributed by atoms with E-state index in [-0.39, 0.29) is 24.0 Å². The van der Waals surface area contributed by atoms with Gasteiger partial charge < -0.3 is 15.5 Å². The molecule has 29 heavy (non-hydrogen) atoms. The second-order valence-corrected chi connectivity index (χ2v) is 7.78. The molecule has 0 aromatic heterocycles. The molecular weight excluding hydrogens is 473 g/mol. The normalized spacial score (nSPS) is 17.1. The highest BCUT2D eigenvalue weighted by Crippen LogP contribution is 2.11. The summed E-state index contributed by atoms with van der Waals surface area (Å²) in [5, 5.41) is 7.26. The lowest BCUT2D eigenvalue weighted by atomic mass is 10.0. The van der Waals surface area contributed by atoms with E-state index in [4.69, 9.17) is 0 Å². The molecule has 1 aromatic carbocycles. The first-order valence-corrected chi connectivity index (χ1v) is 11.2. The number of benzene rings is 1. The first kappa shape index (κ1) is 26.2. The standard InChI is InChI=1S/C23H41N5.HI/c1-5-15-27-16-13-21(14-17-27)26-23(24-4)25-19-22(28(6-2)7-3)18-20-11-9-8-10-12-20;/h8-12,21-22H,5-7,13-19H2,1-4H3,(H2,24,25,26);1H. The fourth-order valence-electron chi connectivity index (χ4n) is 4.18. The van der Waals surface area contributed by atoms with Gasteiger partial charge in [0.15, 0.2) is 5.96 Å². The van der Waals surface area contributed by atoms with Crippen LogP contribution in [0.15, 0.2) is 35.3 Å². The van der Waals surface area contributed by atoms with Gasteiger partial charge in [-0.25, -0.2) is 0 Å². The van der Waals surface area contributed by atoms with E-state index in [2.05, 4.69) is 76.5 Å². The quantitative estimate of drug-likeness (QED) is 0.284. The Bertz CT molecular complexity index is 554. The molecule has 166 valence electrons. The molecule has 0 saturated carbocycles. The molecule has 1 atom stereocenters. The number of likely N-dealkylation sites (tertiary alicyclic amines) is 1. The Hall–Kier alpha value is -0.860. The number of nitrogens with one attached hydrogen (secondary N) is 2. The van der Waals surface area contributed by atoms with Crippen molar-refractivity contribution in [3.8, 4) is 0 Å². The zero-order valence-electron chi connectivity index (χ0n) is 18.9. The summed E-state index contributed by atoms with van der Waals surface area (Å²) in [7, 11) is 1.88. The highest BCUT2D eigenvalue weighted by molar-refractivity contribution is 14.0. The SMILES string of the molecule is CCCN1CCC(NC(=NC)NCC(Cc2ccccc2)N(CC)CC)CC1.I. The minimum atomic E-state index is 0. The maximum absolute atomic E-state index is 4.49. The Morgan fingerprint density at radius 2 is 1.79 bits per heavy atom. The average molecular weight is 516 g/mol. The second-order valence-electron chi connectivity index (χ2n) is 7.78. The number of nitrogens with zero attached hydrogens (tertiary/aromatic N) is 3. The van der Waals surface area contributed by atoms with Crippen LogP contribution in [0.25, 0.3) is 0 Å². The van der Waals surface area contributed by atoms with Gasteiger partial charge in [0.25, 0.3) is 0 Å². The van der Waals surface area contributed by atoms with Crippen molar-refractivity contribution in [1.82, 2.24) is 20.4 Å². The van der Waals surface area contributed by atoms with Crippen LogP contribution in [0.4, 0.5) is 0 Å². The second kappa shape index (κ2) is 15.0. The molecule has 0 radical (unpaired) electrons. The average Bonchev–Trinajstić information content (AvgIpc) is 2.73. The van der Waals surface area contributed by atoms with Crippen molar-refractivity contribution in [2.75, 3.05) is 46.3 Å². The summed E-state index contributed by atoms with van der Waals surface area (Å²) in [6.07, 6.45) is 4.70. The van der Waals surface area contributed by atoms with E-state index in [0.29, 0.717) is 12.1 Å². The predicted octanol–water partition coefficient (Wildman–Crippen LogP) is 3.60. The van der Waals surface area contributed by atoms with Gasteiger partial charge in [0, 0.05) is 38.8 Å². The van der Waals surface area contributed by atoms with Gasteiger partial charge in [-0.3, -0.25) is 9.89 Å². The Labute approximate surface area is 195 Å². The minimum Gasteiger partial charge on any atom is -0.355 e. The van der Waals surface area contributed by atoms with Crippen LogP contribution in [-0.4, -0.2) is 74.2 Å². The topological polar surface area (TPSA) is 42.9 Å². The third-order valence-corrected chi connectivity index (χ3v) is 5.84. The van der Waals surface area contributed by atoms with E-state index in [9.17, 15) is 0 Å². The largest absolute Gasteiger partial charge is 0.355 e. The van der Waals surface area contributed by atoms with Crippen molar-refractivity contribution in [3.63, 3.8) is 0 Å². The summed E-state index contributed by atoms with van der Waals surface area (Å²) < 4.78 is 0. The summed E-state index contributed by atoms with van der Waals surface area (Å²) in [4.78, 5) is 9.60. The minimum absolute atomic E-state index is 0. The number of hydrogen-bond acceptors (Lipinski definition) is 3. The molecule has 1 fully saturated rings. The first-order valence-electron chi connectivity index (χ1n) is 11.2. The van der Waals surface area contributed by atoms with E-state index in [0.717, 1.165) is 32.0 Å². The Morgan fingerprint density at radius 1 is 1.14 bits per heavy atom. The summed E-state index contributed by atoms with van der Waals surface area (Å²) in [6, 6.07) is 11.8. The van der Waals surface area contributed by atoms with Crippen molar-refractivity contribution in [2.45, 2.75) is 58.5 Å². The summed E-state index contributed by atoms with van der Waals surface area (Å²) in [5.74, 6) is 0.944. The number of piperidine rings is 1. The van der Waals surface area contributed by atoms with Crippen molar-refractivity contribution in [3.05, 3.63) is 35.9 Å². The number of rotatable bonds is 10. The zero-order chi connectivity index (χ0) is 20.2. The van der Waals surface area contributed by atoms with E-state index >= 15 is 0 Å². The van der Waals surface area contributed by atoms with Gasteiger partial charge in [-0.2, -0.15) is 0 Å². The molecule has 0 spiro atoms. The lowest BCUT2D eigenvalue weighted by molar-refractivity contribution is 0.204.